The van der Waals surface area contributed by atoms with Gasteiger partial charge in [-0.3, -0.25) is 9.78 Å². The van der Waals surface area contributed by atoms with Gasteiger partial charge in [-0.05, 0) is 25.1 Å². The van der Waals surface area contributed by atoms with Gasteiger partial charge in [0.15, 0.2) is 0 Å². The summed E-state index contributed by atoms with van der Waals surface area (Å²) in [6, 6.07) is 8.71. The van der Waals surface area contributed by atoms with Gasteiger partial charge < -0.3 is 15.4 Å². The van der Waals surface area contributed by atoms with Crippen LogP contribution >= 0.6 is 0 Å². The maximum absolute atomic E-state index is 12.1. The van der Waals surface area contributed by atoms with Gasteiger partial charge in [0.1, 0.15) is 11.9 Å². The molecule has 7 heteroatoms. The number of carbonyl (C=O) groups is 2. The minimum Gasteiger partial charge on any atom is -0.466 e. The summed E-state index contributed by atoms with van der Waals surface area (Å²) in [4.78, 5) is 31.4. The van der Waals surface area contributed by atoms with Crippen LogP contribution < -0.4 is 10.6 Å². The lowest BCUT2D eigenvalue weighted by atomic mass is 10.2. The van der Waals surface area contributed by atoms with Gasteiger partial charge in [-0.25, -0.2) is 9.78 Å². The summed E-state index contributed by atoms with van der Waals surface area (Å²) in [6.45, 7) is 1.73. The van der Waals surface area contributed by atoms with Crippen molar-refractivity contribution >= 4 is 29.5 Å². The third-order valence-electron chi connectivity index (χ3n) is 3.06. The average Bonchev–Trinajstić information content (AvgIpc) is 2.61. The number of para-hydroxylation sites is 1. The van der Waals surface area contributed by atoms with Crippen molar-refractivity contribution in [2.75, 3.05) is 17.7 Å². The number of methoxy groups -OCH3 is 1. The molecule has 1 heterocycles. The van der Waals surface area contributed by atoms with E-state index in [1.165, 1.54) is 31.7 Å². The Morgan fingerprint density at radius 1 is 1.17 bits per heavy atom. The van der Waals surface area contributed by atoms with Crippen molar-refractivity contribution in [1.82, 2.24) is 9.97 Å². The Hall–Kier alpha value is -3.22. The standard InChI is InChI=1S/C17H18N4O3/c1-12(17(23)21-13-6-4-3-5-7-13)20-15-11-18-14(10-19-15)8-9-16(22)24-2/h3-12H,1-2H3,(H,19,20)(H,21,23)/b9-8+/t12-/m1/s1. The number of amides is 1. The fraction of sp³-hybridized carbons (Fsp3) is 0.176. The van der Waals surface area contributed by atoms with Crippen LogP contribution in [0.3, 0.4) is 0 Å². The molecule has 0 saturated carbocycles. The van der Waals surface area contributed by atoms with E-state index >= 15 is 0 Å². The number of benzene rings is 1. The Morgan fingerprint density at radius 2 is 1.92 bits per heavy atom. The highest BCUT2D eigenvalue weighted by Gasteiger charge is 2.13. The van der Waals surface area contributed by atoms with Gasteiger partial charge in [0.05, 0.1) is 25.2 Å². The summed E-state index contributed by atoms with van der Waals surface area (Å²) < 4.78 is 4.49. The Labute approximate surface area is 139 Å². The molecule has 24 heavy (non-hydrogen) atoms. The van der Waals surface area contributed by atoms with E-state index in [1.807, 2.05) is 30.3 Å². The molecule has 0 saturated heterocycles. The summed E-state index contributed by atoms with van der Waals surface area (Å²) in [5.41, 5.74) is 1.23. The van der Waals surface area contributed by atoms with Crippen molar-refractivity contribution in [3.05, 3.63) is 54.5 Å². The lowest BCUT2D eigenvalue weighted by molar-refractivity contribution is -0.134. The van der Waals surface area contributed by atoms with Crippen molar-refractivity contribution in [2.24, 2.45) is 0 Å². The predicted octanol–water partition coefficient (Wildman–Crippen LogP) is 2.10. The van der Waals surface area contributed by atoms with Gasteiger partial charge in [-0.15, -0.1) is 0 Å². The molecule has 0 fully saturated rings. The molecule has 0 spiro atoms. The average molecular weight is 326 g/mol. The molecule has 124 valence electrons. The molecule has 2 rings (SSSR count). The first-order chi connectivity index (χ1) is 11.6. The van der Waals surface area contributed by atoms with E-state index in [0.717, 1.165) is 5.69 Å². The van der Waals surface area contributed by atoms with E-state index in [2.05, 4.69) is 25.3 Å². The molecule has 2 aromatic rings. The van der Waals surface area contributed by atoms with E-state index in [1.54, 1.807) is 6.92 Å². The first-order valence-electron chi connectivity index (χ1n) is 7.29. The van der Waals surface area contributed by atoms with Crippen molar-refractivity contribution in [3.8, 4) is 0 Å². The molecule has 7 nitrogen and oxygen atoms in total. The molecule has 0 aliphatic rings. The predicted molar refractivity (Wildman–Crippen MR) is 91.2 cm³/mol. The van der Waals surface area contributed by atoms with Gasteiger partial charge in [-0.1, -0.05) is 18.2 Å². The Balaban J connectivity index is 1.91. The third kappa shape index (κ3) is 5.20. The van der Waals surface area contributed by atoms with Crippen LogP contribution in [0.1, 0.15) is 12.6 Å². The number of carbonyl (C=O) groups excluding carboxylic acids is 2. The van der Waals surface area contributed by atoms with Crippen LogP contribution in [-0.4, -0.2) is 35.0 Å². The van der Waals surface area contributed by atoms with Crippen LogP contribution in [0.2, 0.25) is 0 Å². The lowest BCUT2D eigenvalue weighted by Crippen LogP contribution is -2.32. The van der Waals surface area contributed by atoms with E-state index in [4.69, 9.17) is 0 Å². The molecular weight excluding hydrogens is 308 g/mol. The van der Waals surface area contributed by atoms with Gasteiger partial charge >= 0.3 is 5.97 Å². The number of nitrogens with one attached hydrogen (secondary N) is 2. The minimum atomic E-state index is -0.490. The van der Waals surface area contributed by atoms with Crippen LogP contribution in [0.25, 0.3) is 6.08 Å². The summed E-state index contributed by atoms with van der Waals surface area (Å²) in [5.74, 6) is -0.191. The normalized spacial score (nSPS) is 11.8. The van der Waals surface area contributed by atoms with Crippen molar-refractivity contribution in [2.45, 2.75) is 13.0 Å². The second-order valence-electron chi connectivity index (χ2n) is 4.90. The zero-order valence-corrected chi connectivity index (χ0v) is 13.4. The number of rotatable bonds is 6. The molecule has 0 aliphatic carbocycles. The molecule has 1 amide bonds. The first-order valence-corrected chi connectivity index (χ1v) is 7.29. The number of aromatic nitrogens is 2. The molecule has 1 atom stereocenters. The minimum absolute atomic E-state index is 0.183. The molecule has 1 aromatic heterocycles. The highest BCUT2D eigenvalue weighted by molar-refractivity contribution is 5.96. The molecule has 0 bridgehead atoms. The fourth-order valence-electron chi connectivity index (χ4n) is 1.78. The largest absolute Gasteiger partial charge is 0.466 e. The second kappa shape index (κ2) is 8.42. The van der Waals surface area contributed by atoms with Crippen LogP contribution in [0.5, 0.6) is 0 Å². The van der Waals surface area contributed by atoms with Gasteiger partial charge in [0, 0.05) is 11.8 Å². The van der Waals surface area contributed by atoms with E-state index < -0.39 is 12.0 Å². The maximum atomic E-state index is 12.1. The fourth-order valence-corrected chi connectivity index (χ4v) is 1.78. The second-order valence-corrected chi connectivity index (χ2v) is 4.90. The Kier molecular flexibility index (Phi) is 6.01. The summed E-state index contributed by atoms with van der Waals surface area (Å²) in [7, 11) is 1.30. The molecule has 0 radical (unpaired) electrons. The van der Waals surface area contributed by atoms with Crippen molar-refractivity contribution in [1.29, 1.82) is 0 Å². The SMILES string of the molecule is COC(=O)/C=C/c1cnc(N[C@H](C)C(=O)Nc2ccccc2)cn1. The number of esters is 1. The quantitative estimate of drug-likeness (QED) is 0.624. The van der Waals surface area contributed by atoms with Crippen LogP contribution in [0.4, 0.5) is 11.5 Å². The zero-order valence-electron chi connectivity index (χ0n) is 13.4. The van der Waals surface area contributed by atoms with E-state index in [0.29, 0.717) is 11.5 Å². The maximum Gasteiger partial charge on any atom is 0.330 e. The molecule has 1 aromatic carbocycles. The van der Waals surface area contributed by atoms with Gasteiger partial charge in [0.25, 0.3) is 0 Å². The zero-order chi connectivity index (χ0) is 17.4. The first kappa shape index (κ1) is 17.1. The Morgan fingerprint density at radius 3 is 2.54 bits per heavy atom. The highest BCUT2D eigenvalue weighted by Crippen LogP contribution is 2.08. The molecule has 2 N–H and O–H groups in total. The lowest BCUT2D eigenvalue weighted by Gasteiger charge is -2.14. The van der Waals surface area contributed by atoms with E-state index in [9.17, 15) is 9.59 Å². The van der Waals surface area contributed by atoms with Crippen LogP contribution in [-0.2, 0) is 14.3 Å². The van der Waals surface area contributed by atoms with Crippen LogP contribution in [0, 0.1) is 0 Å². The number of hydrogen-bond donors (Lipinski definition) is 2. The number of anilines is 2. The van der Waals surface area contributed by atoms with Gasteiger partial charge in [0.2, 0.25) is 5.91 Å². The number of nitrogens with zero attached hydrogens (tertiary/aromatic N) is 2. The Bertz CT molecular complexity index is 714. The van der Waals surface area contributed by atoms with Gasteiger partial charge in [-0.2, -0.15) is 0 Å². The highest BCUT2D eigenvalue weighted by atomic mass is 16.5. The van der Waals surface area contributed by atoms with Crippen LogP contribution in [0.15, 0.2) is 48.8 Å². The summed E-state index contributed by atoms with van der Waals surface area (Å²) >= 11 is 0. The molecule has 0 unspecified atom stereocenters. The van der Waals surface area contributed by atoms with Crippen molar-refractivity contribution in [3.63, 3.8) is 0 Å². The van der Waals surface area contributed by atoms with Crippen molar-refractivity contribution < 1.29 is 14.3 Å². The monoisotopic (exact) mass is 326 g/mol. The summed E-state index contributed by atoms with van der Waals surface area (Å²) in [6.07, 6.45) is 5.73. The third-order valence-corrected chi connectivity index (χ3v) is 3.06. The smallest absolute Gasteiger partial charge is 0.330 e. The summed E-state index contributed by atoms with van der Waals surface area (Å²) in [5, 5.41) is 5.76. The topological polar surface area (TPSA) is 93.2 Å². The number of ether oxygens (including phenoxy) is 1. The molecule has 0 aliphatic heterocycles. The molecular formula is C17H18N4O3. The van der Waals surface area contributed by atoms with E-state index in [-0.39, 0.29) is 5.91 Å². The number of hydrogen-bond acceptors (Lipinski definition) is 6.